The van der Waals surface area contributed by atoms with Crippen molar-refractivity contribution in [2.75, 3.05) is 6.54 Å². The van der Waals surface area contributed by atoms with Gasteiger partial charge >= 0.3 is 5.97 Å². The average molecular weight is 304 g/mol. The van der Waals surface area contributed by atoms with Crippen LogP contribution in [0.2, 0.25) is 0 Å². The molecule has 0 bridgehead atoms. The molecule has 0 aromatic carbocycles. The number of rotatable bonds is 7. The van der Waals surface area contributed by atoms with Gasteiger partial charge in [0.25, 0.3) is 10.0 Å². The van der Waals surface area contributed by atoms with E-state index >= 15 is 0 Å². The second kappa shape index (κ2) is 6.76. The zero-order chi connectivity index (χ0) is 15.3. The van der Waals surface area contributed by atoms with E-state index in [4.69, 9.17) is 5.11 Å². The summed E-state index contributed by atoms with van der Waals surface area (Å²) in [5, 5.41) is 8.29. The number of nitrogens with zero attached hydrogens (tertiary/aromatic N) is 1. The minimum absolute atomic E-state index is 0.104. The molecule has 0 spiro atoms. The van der Waals surface area contributed by atoms with E-state index in [1.165, 1.54) is 6.07 Å². The van der Waals surface area contributed by atoms with E-state index in [0.29, 0.717) is 6.42 Å². The van der Waals surface area contributed by atoms with Crippen molar-refractivity contribution < 1.29 is 22.7 Å². The van der Waals surface area contributed by atoms with E-state index in [1.54, 1.807) is 0 Å². The Morgan fingerprint density at radius 3 is 2.65 bits per heavy atom. The Morgan fingerprint density at radius 2 is 2.15 bits per heavy atom. The van der Waals surface area contributed by atoms with Crippen LogP contribution in [0.4, 0.5) is 4.39 Å². The number of sulfonamides is 1. The Morgan fingerprint density at radius 1 is 1.50 bits per heavy atom. The van der Waals surface area contributed by atoms with Gasteiger partial charge in [-0.3, -0.25) is 4.79 Å². The molecule has 8 heteroatoms. The Bertz CT molecular complexity index is 575. The molecule has 112 valence electrons. The maximum Gasteiger partial charge on any atom is 0.307 e. The van der Waals surface area contributed by atoms with Crippen LogP contribution in [-0.2, 0) is 14.8 Å². The van der Waals surface area contributed by atoms with Crippen LogP contribution in [0.15, 0.2) is 23.4 Å². The second-order valence-corrected chi connectivity index (χ2v) is 6.49. The molecular weight excluding hydrogens is 287 g/mol. The third-order valence-electron chi connectivity index (χ3n) is 2.60. The molecule has 1 heterocycles. The van der Waals surface area contributed by atoms with Gasteiger partial charge in [0, 0.05) is 12.7 Å². The van der Waals surface area contributed by atoms with Crippen molar-refractivity contribution in [3.63, 3.8) is 0 Å². The molecule has 0 radical (unpaired) electrons. The zero-order valence-corrected chi connectivity index (χ0v) is 12.0. The standard InChI is InChI=1S/C12H17FN2O4S/c1-8(2)6-9(12(16)17)7-15-20(18,19)11-10(13)4-3-5-14-11/h3-5,8-9,15H,6-7H2,1-2H3,(H,16,17). The molecule has 1 aromatic heterocycles. The fourth-order valence-electron chi connectivity index (χ4n) is 1.69. The first kappa shape index (κ1) is 16.5. The predicted octanol–water partition coefficient (Wildman–Crippen LogP) is 1.25. The summed E-state index contributed by atoms with van der Waals surface area (Å²) >= 11 is 0. The summed E-state index contributed by atoms with van der Waals surface area (Å²) < 4.78 is 39.2. The second-order valence-electron chi connectivity index (χ2n) is 4.81. The molecule has 0 saturated carbocycles. The zero-order valence-electron chi connectivity index (χ0n) is 11.2. The van der Waals surface area contributed by atoms with E-state index < -0.39 is 32.8 Å². The monoisotopic (exact) mass is 304 g/mol. The molecule has 2 N–H and O–H groups in total. The number of aliphatic carboxylic acids is 1. The van der Waals surface area contributed by atoms with E-state index in [1.807, 2.05) is 13.8 Å². The molecule has 0 aliphatic rings. The lowest BCUT2D eigenvalue weighted by Crippen LogP contribution is -2.34. The van der Waals surface area contributed by atoms with E-state index in [0.717, 1.165) is 12.3 Å². The summed E-state index contributed by atoms with van der Waals surface area (Å²) in [6, 6.07) is 2.25. The Balaban J connectivity index is 2.82. The number of carboxylic acids is 1. The molecule has 20 heavy (non-hydrogen) atoms. The Hall–Kier alpha value is -1.54. The van der Waals surface area contributed by atoms with Crippen molar-refractivity contribution in [2.45, 2.75) is 25.3 Å². The highest BCUT2D eigenvalue weighted by molar-refractivity contribution is 7.89. The Labute approximate surface area is 117 Å². The first-order valence-corrected chi connectivity index (χ1v) is 7.55. The van der Waals surface area contributed by atoms with Crippen LogP contribution in [0.3, 0.4) is 0 Å². The highest BCUT2D eigenvalue weighted by Crippen LogP contribution is 2.14. The van der Waals surface area contributed by atoms with Crippen molar-refractivity contribution in [2.24, 2.45) is 11.8 Å². The van der Waals surface area contributed by atoms with Crippen LogP contribution in [0.5, 0.6) is 0 Å². The first-order valence-electron chi connectivity index (χ1n) is 6.07. The molecule has 1 atom stereocenters. The highest BCUT2D eigenvalue weighted by Gasteiger charge is 2.25. The molecule has 6 nitrogen and oxygen atoms in total. The molecule has 0 amide bonds. The lowest BCUT2D eigenvalue weighted by atomic mass is 9.98. The van der Waals surface area contributed by atoms with Crippen LogP contribution in [0, 0.1) is 17.7 Å². The lowest BCUT2D eigenvalue weighted by Gasteiger charge is -2.15. The van der Waals surface area contributed by atoms with Crippen molar-refractivity contribution in [1.29, 1.82) is 0 Å². The van der Waals surface area contributed by atoms with Gasteiger partial charge in [0.1, 0.15) is 0 Å². The molecule has 0 aliphatic carbocycles. The molecule has 0 saturated heterocycles. The van der Waals surface area contributed by atoms with Gasteiger partial charge in [0.2, 0.25) is 5.03 Å². The molecule has 0 aliphatic heterocycles. The lowest BCUT2D eigenvalue weighted by molar-refractivity contribution is -0.142. The molecule has 1 aromatic rings. The van der Waals surface area contributed by atoms with E-state index in [2.05, 4.69) is 9.71 Å². The third-order valence-corrected chi connectivity index (χ3v) is 3.96. The Kier molecular flexibility index (Phi) is 5.58. The number of halogens is 1. The maximum atomic E-state index is 13.4. The van der Waals surface area contributed by atoms with E-state index in [9.17, 15) is 17.6 Å². The smallest absolute Gasteiger partial charge is 0.307 e. The van der Waals surface area contributed by atoms with Gasteiger partial charge in [0.15, 0.2) is 5.82 Å². The van der Waals surface area contributed by atoms with Crippen LogP contribution in [0.1, 0.15) is 20.3 Å². The number of carbonyl (C=O) groups is 1. The summed E-state index contributed by atoms with van der Waals surface area (Å²) in [4.78, 5) is 14.5. The van der Waals surface area contributed by atoms with Gasteiger partial charge < -0.3 is 5.11 Å². The van der Waals surface area contributed by atoms with Gasteiger partial charge in [-0.25, -0.2) is 22.5 Å². The van der Waals surface area contributed by atoms with Crippen molar-refractivity contribution in [1.82, 2.24) is 9.71 Å². The average Bonchev–Trinajstić information content (AvgIpc) is 2.34. The number of hydrogen-bond donors (Lipinski definition) is 2. The molecular formula is C12H17FN2O4S. The number of pyridine rings is 1. The molecule has 1 unspecified atom stereocenters. The third kappa shape index (κ3) is 4.53. The number of hydrogen-bond acceptors (Lipinski definition) is 4. The molecule has 1 rings (SSSR count). The minimum atomic E-state index is -4.15. The SMILES string of the molecule is CC(C)CC(CNS(=O)(=O)c1ncccc1F)C(=O)O. The largest absolute Gasteiger partial charge is 0.481 e. The first-order chi connectivity index (χ1) is 9.24. The van der Waals surface area contributed by atoms with Crippen LogP contribution in [0.25, 0.3) is 0 Å². The fourth-order valence-corrected chi connectivity index (χ4v) is 2.77. The highest BCUT2D eigenvalue weighted by atomic mass is 32.2. The van der Waals surface area contributed by atoms with Crippen LogP contribution < -0.4 is 4.72 Å². The summed E-state index contributed by atoms with van der Waals surface area (Å²) in [7, 11) is -4.15. The normalized spacial score (nSPS) is 13.4. The fraction of sp³-hybridized carbons (Fsp3) is 0.500. The quantitative estimate of drug-likeness (QED) is 0.790. The number of aromatic nitrogens is 1. The van der Waals surface area contributed by atoms with E-state index in [-0.39, 0.29) is 12.5 Å². The minimum Gasteiger partial charge on any atom is -0.481 e. The summed E-state index contributed by atoms with van der Waals surface area (Å²) in [6.07, 6.45) is 1.48. The summed E-state index contributed by atoms with van der Waals surface area (Å²) in [6.45, 7) is 3.37. The van der Waals surface area contributed by atoms with Gasteiger partial charge in [0.05, 0.1) is 5.92 Å². The van der Waals surface area contributed by atoms with Gasteiger partial charge in [-0.1, -0.05) is 13.8 Å². The molecule has 0 fully saturated rings. The number of carboxylic acid groups (broad SMARTS) is 1. The summed E-state index contributed by atoms with van der Waals surface area (Å²) in [5.74, 6) is -2.83. The van der Waals surface area contributed by atoms with Crippen LogP contribution >= 0.6 is 0 Å². The maximum absolute atomic E-state index is 13.4. The van der Waals surface area contributed by atoms with Crippen molar-refractivity contribution >= 4 is 16.0 Å². The van der Waals surface area contributed by atoms with Gasteiger partial charge in [-0.05, 0) is 24.5 Å². The van der Waals surface area contributed by atoms with Crippen molar-refractivity contribution in [3.05, 3.63) is 24.1 Å². The van der Waals surface area contributed by atoms with Gasteiger partial charge in [-0.15, -0.1) is 0 Å². The van der Waals surface area contributed by atoms with Crippen molar-refractivity contribution in [3.8, 4) is 0 Å². The van der Waals surface area contributed by atoms with Crippen LogP contribution in [-0.4, -0.2) is 31.0 Å². The summed E-state index contributed by atoms with van der Waals surface area (Å²) in [5.41, 5.74) is 0. The topological polar surface area (TPSA) is 96.4 Å². The number of nitrogens with one attached hydrogen (secondary N) is 1. The predicted molar refractivity (Wildman–Crippen MR) is 70.0 cm³/mol. The van der Waals surface area contributed by atoms with Gasteiger partial charge in [-0.2, -0.15) is 0 Å².